The van der Waals surface area contributed by atoms with E-state index in [1.807, 2.05) is 0 Å². The lowest BCUT2D eigenvalue weighted by molar-refractivity contribution is -0.288. The lowest BCUT2D eigenvalue weighted by atomic mass is 9.99. The molecule has 1 aromatic carbocycles. The highest BCUT2D eigenvalue weighted by atomic mass is 16.7. The first-order valence-corrected chi connectivity index (χ1v) is 8.81. The van der Waals surface area contributed by atoms with E-state index >= 15 is 0 Å². The van der Waals surface area contributed by atoms with E-state index in [4.69, 9.17) is 18.9 Å². The van der Waals surface area contributed by atoms with Gasteiger partial charge in [0, 0.05) is 26.7 Å². The number of hydrogen-bond donors (Lipinski definition) is 4. The Morgan fingerprint density at radius 3 is 2.48 bits per heavy atom. The molecule has 1 aromatic rings. The van der Waals surface area contributed by atoms with E-state index in [1.165, 1.54) is 33.3 Å². The molecule has 0 aliphatic carbocycles. The summed E-state index contributed by atoms with van der Waals surface area (Å²) >= 11 is 0. The number of amides is 1. The molecule has 1 heterocycles. The molecule has 1 saturated heterocycles. The Morgan fingerprint density at radius 1 is 1.14 bits per heavy atom. The molecule has 0 saturated carbocycles. The number of nitrogens with one attached hydrogen (secondary N) is 1. The molecule has 5 atom stereocenters. The van der Waals surface area contributed by atoms with Crippen LogP contribution in [0.15, 0.2) is 24.3 Å². The molecule has 29 heavy (non-hydrogen) atoms. The minimum atomic E-state index is -1.46. The summed E-state index contributed by atoms with van der Waals surface area (Å²) in [5, 5.41) is 32.1. The average molecular weight is 411 g/mol. The van der Waals surface area contributed by atoms with E-state index in [-0.39, 0.29) is 12.3 Å². The first kappa shape index (κ1) is 22.8. The minimum Gasteiger partial charge on any atom is -0.493 e. The van der Waals surface area contributed by atoms with E-state index in [0.717, 1.165) is 0 Å². The molecule has 0 radical (unpaired) electrons. The molecule has 0 aromatic heterocycles. The zero-order valence-corrected chi connectivity index (χ0v) is 16.3. The summed E-state index contributed by atoms with van der Waals surface area (Å²) in [6, 6.07) is 4.78. The predicted molar refractivity (Wildman–Crippen MR) is 100 cm³/mol. The van der Waals surface area contributed by atoms with Crippen molar-refractivity contribution in [3.05, 3.63) is 29.8 Å². The summed E-state index contributed by atoms with van der Waals surface area (Å²) in [7, 11) is 2.72. The number of benzene rings is 1. The molecule has 10 nitrogen and oxygen atoms in total. The van der Waals surface area contributed by atoms with Crippen LogP contribution in [0.3, 0.4) is 0 Å². The second-order valence-electron chi connectivity index (χ2n) is 6.33. The van der Waals surface area contributed by atoms with Crippen molar-refractivity contribution < 1.29 is 43.9 Å². The first-order valence-electron chi connectivity index (χ1n) is 8.81. The third kappa shape index (κ3) is 5.99. The fourth-order valence-corrected chi connectivity index (χ4v) is 2.74. The zero-order valence-electron chi connectivity index (χ0n) is 16.3. The maximum atomic E-state index is 12.1. The molecular weight excluding hydrogens is 386 g/mol. The molecule has 0 unspecified atom stereocenters. The highest BCUT2D eigenvalue weighted by Crippen LogP contribution is 2.28. The van der Waals surface area contributed by atoms with Gasteiger partial charge < -0.3 is 39.6 Å². The van der Waals surface area contributed by atoms with Gasteiger partial charge in [0.05, 0.1) is 7.11 Å². The van der Waals surface area contributed by atoms with E-state index in [1.54, 1.807) is 18.2 Å². The average Bonchev–Trinajstić information content (AvgIpc) is 2.70. The highest BCUT2D eigenvalue weighted by molar-refractivity contribution is 5.91. The molecule has 1 aliphatic heterocycles. The van der Waals surface area contributed by atoms with Gasteiger partial charge >= 0.3 is 5.97 Å². The highest BCUT2D eigenvalue weighted by Gasteiger charge is 2.43. The number of ether oxygens (including phenoxy) is 4. The van der Waals surface area contributed by atoms with Gasteiger partial charge in [0.25, 0.3) is 0 Å². The topological polar surface area (TPSA) is 144 Å². The molecule has 10 heteroatoms. The van der Waals surface area contributed by atoms with Crippen molar-refractivity contribution in [1.82, 2.24) is 5.32 Å². The molecule has 160 valence electrons. The van der Waals surface area contributed by atoms with Crippen molar-refractivity contribution in [3.8, 4) is 11.5 Å². The van der Waals surface area contributed by atoms with Crippen LogP contribution >= 0.6 is 0 Å². The monoisotopic (exact) mass is 411 g/mol. The maximum Gasteiger partial charge on any atom is 0.308 e. The first-order chi connectivity index (χ1) is 13.8. The van der Waals surface area contributed by atoms with Crippen molar-refractivity contribution in [2.24, 2.45) is 0 Å². The van der Waals surface area contributed by atoms with Gasteiger partial charge in [-0.05, 0) is 23.8 Å². The fraction of sp³-hybridized carbons (Fsp3) is 0.474. The van der Waals surface area contributed by atoms with Crippen LogP contribution in [0.1, 0.15) is 12.5 Å². The van der Waals surface area contributed by atoms with Crippen molar-refractivity contribution in [1.29, 1.82) is 0 Å². The molecular formula is C19H25NO9. The van der Waals surface area contributed by atoms with Gasteiger partial charge in [-0.3, -0.25) is 9.59 Å². The van der Waals surface area contributed by atoms with Crippen LogP contribution in [0.2, 0.25) is 0 Å². The quantitative estimate of drug-likeness (QED) is 0.258. The number of carbonyl (C=O) groups is 2. The van der Waals surface area contributed by atoms with Crippen LogP contribution in [0.5, 0.6) is 11.5 Å². The summed E-state index contributed by atoms with van der Waals surface area (Å²) in [4.78, 5) is 23.1. The number of aliphatic hydroxyl groups is 3. The third-order valence-corrected chi connectivity index (χ3v) is 4.25. The summed E-state index contributed by atoms with van der Waals surface area (Å²) in [5.74, 6) is -0.358. The van der Waals surface area contributed by atoms with Crippen LogP contribution in [0.4, 0.5) is 0 Å². The van der Waals surface area contributed by atoms with E-state index < -0.39 is 42.6 Å². The molecule has 0 spiro atoms. The molecule has 1 aliphatic rings. The molecule has 1 fully saturated rings. The van der Waals surface area contributed by atoms with Gasteiger partial charge in [-0.1, -0.05) is 6.07 Å². The van der Waals surface area contributed by atoms with Gasteiger partial charge in [-0.25, -0.2) is 0 Å². The van der Waals surface area contributed by atoms with E-state index in [9.17, 15) is 24.9 Å². The van der Waals surface area contributed by atoms with Gasteiger partial charge in [-0.2, -0.15) is 0 Å². The smallest absolute Gasteiger partial charge is 0.308 e. The van der Waals surface area contributed by atoms with Crippen LogP contribution in [0, 0.1) is 0 Å². The van der Waals surface area contributed by atoms with Crippen LogP contribution in [-0.4, -0.2) is 78.7 Å². The lowest BCUT2D eigenvalue weighted by Gasteiger charge is -2.39. The van der Waals surface area contributed by atoms with Crippen LogP contribution in [0.25, 0.3) is 6.08 Å². The summed E-state index contributed by atoms with van der Waals surface area (Å²) < 4.78 is 20.4. The second-order valence-corrected chi connectivity index (χ2v) is 6.33. The van der Waals surface area contributed by atoms with Crippen molar-refractivity contribution in [3.63, 3.8) is 0 Å². The number of methoxy groups -OCH3 is 2. The third-order valence-electron chi connectivity index (χ3n) is 4.25. The lowest BCUT2D eigenvalue weighted by Crippen LogP contribution is -2.60. The number of rotatable bonds is 7. The van der Waals surface area contributed by atoms with E-state index in [0.29, 0.717) is 11.3 Å². The summed E-state index contributed by atoms with van der Waals surface area (Å²) in [6.45, 7) is 1.17. The number of hydrogen-bond acceptors (Lipinski definition) is 9. The van der Waals surface area contributed by atoms with Gasteiger partial charge in [0.2, 0.25) is 5.91 Å². The Bertz CT molecular complexity index is 749. The Balaban J connectivity index is 1.95. The van der Waals surface area contributed by atoms with Crippen molar-refractivity contribution in [2.75, 3.05) is 20.8 Å². The van der Waals surface area contributed by atoms with Gasteiger partial charge in [-0.15, -0.1) is 0 Å². The molecule has 0 bridgehead atoms. The largest absolute Gasteiger partial charge is 0.493 e. The number of aliphatic hydroxyl groups excluding tert-OH is 3. The Kier molecular flexibility index (Phi) is 8.11. The van der Waals surface area contributed by atoms with Crippen LogP contribution < -0.4 is 14.8 Å². The van der Waals surface area contributed by atoms with Crippen molar-refractivity contribution in [2.45, 2.75) is 37.6 Å². The van der Waals surface area contributed by atoms with Gasteiger partial charge in [0.1, 0.15) is 24.4 Å². The normalized spacial score (nSPS) is 26.9. The van der Waals surface area contributed by atoms with Crippen LogP contribution in [-0.2, 0) is 19.1 Å². The Morgan fingerprint density at radius 2 is 1.86 bits per heavy atom. The Labute approximate surface area is 167 Å². The summed E-state index contributed by atoms with van der Waals surface area (Å²) in [5.41, 5.74) is 0.625. The second kappa shape index (κ2) is 10.3. The summed E-state index contributed by atoms with van der Waals surface area (Å²) in [6.07, 6.45) is -3.55. The maximum absolute atomic E-state index is 12.1. The zero-order chi connectivity index (χ0) is 21.6. The standard InChI is InChI=1S/C19H25NO9/c1-10(21)28-12-6-4-11(8-13(12)26-2)5-7-15(22)20-9-14-16(23)17(24)18(25)19(27-3)29-14/h4-8,14,16-19,23-25H,9H2,1-3H3,(H,20,22)/b7-5+/t14-,16+,17+,18-,19+/m1/s1. The Hall–Kier alpha value is -2.50. The SMILES string of the molecule is COc1cc(/C=C/C(=O)NC[C@H]2O[C@H](OC)[C@H](O)[C@@H](O)[C@H]2O)ccc1OC(C)=O. The fourth-order valence-electron chi connectivity index (χ4n) is 2.74. The molecule has 1 amide bonds. The number of carbonyl (C=O) groups excluding carboxylic acids is 2. The number of esters is 1. The minimum absolute atomic E-state index is 0.108. The van der Waals surface area contributed by atoms with Gasteiger partial charge in [0.15, 0.2) is 17.8 Å². The van der Waals surface area contributed by atoms with Crippen molar-refractivity contribution >= 4 is 18.0 Å². The molecule has 2 rings (SSSR count). The van der Waals surface area contributed by atoms with E-state index in [2.05, 4.69) is 5.32 Å². The molecule has 4 N–H and O–H groups in total. The predicted octanol–water partition coefficient (Wildman–Crippen LogP) is -0.796.